The molecule has 0 aromatic heterocycles. The van der Waals surface area contributed by atoms with Gasteiger partial charge in [-0.15, -0.1) is 0 Å². The number of ether oxygens (including phenoxy) is 1. The zero-order valence-electron chi connectivity index (χ0n) is 14.5. The fourth-order valence-corrected chi connectivity index (χ4v) is 4.52. The van der Waals surface area contributed by atoms with Gasteiger partial charge in [-0.1, -0.05) is 33.1 Å². The predicted octanol–water partition coefficient (Wildman–Crippen LogP) is 3.15. The van der Waals surface area contributed by atoms with Gasteiger partial charge in [0.25, 0.3) is 0 Å². The maximum atomic E-state index is 5.17. The SMILES string of the molecule is CCC1CCN(CC2(CNCCOC)CCCC(C)C2)C1. The third-order valence-corrected chi connectivity index (χ3v) is 5.67. The van der Waals surface area contributed by atoms with Crippen LogP contribution in [0.1, 0.15) is 52.4 Å². The molecule has 0 spiro atoms. The van der Waals surface area contributed by atoms with Gasteiger partial charge >= 0.3 is 0 Å². The van der Waals surface area contributed by atoms with Crippen LogP contribution in [0.15, 0.2) is 0 Å². The van der Waals surface area contributed by atoms with Crippen molar-refractivity contribution in [2.75, 3.05) is 46.4 Å². The molecule has 1 saturated heterocycles. The molecule has 0 amide bonds. The van der Waals surface area contributed by atoms with Crippen LogP contribution in [0, 0.1) is 17.3 Å². The first-order chi connectivity index (χ1) is 10.2. The van der Waals surface area contributed by atoms with Gasteiger partial charge in [-0.2, -0.15) is 0 Å². The Balaban J connectivity index is 1.88. The van der Waals surface area contributed by atoms with E-state index in [1.807, 2.05) is 0 Å². The molecular weight excluding hydrogens is 260 g/mol. The van der Waals surface area contributed by atoms with Crippen molar-refractivity contribution in [1.82, 2.24) is 10.2 Å². The molecule has 124 valence electrons. The molecule has 3 unspecified atom stereocenters. The minimum absolute atomic E-state index is 0.508. The lowest BCUT2D eigenvalue weighted by Crippen LogP contribution is -2.46. The smallest absolute Gasteiger partial charge is 0.0587 e. The van der Waals surface area contributed by atoms with Gasteiger partial charge in [-0.3, -0.25) is 0 Å². The van der Waals surface area contributed by atoms with E-state index in [9.17, 15) is 0 Å². The fourth-order valence-electron chi connectivity index (χ4n) is 4.52. The highest BCUT2D eigenvalue weighted by Gasteiger charge is 2.37. The van der Waals surface area contributed by atoms with Crippen molar-refractivity contribution < 1.29 is 4.74 Å². The van der Waals surface area contributed by atoms with Crippen LogP contribution < -0.4 is 5.32 Å². The first-order valence-corrected chi connectivity index (χ1v) is 9.09. The van der Waals surface area contributed by atoms with Crippen LogP contribution in [0.5, 0.6) is 0 Å². The summed E-state index contributed by atoms with van der Waals surface area (Å²) >= 11 is 0. The van der Waals surface area contributed by atoms with Crippen molar-refractivity contribution in [2.45, 2.75) is 52.4 Å². The van der Waals surface area contributed by atoms with E-state index in [1.165, 1.54) is 64.7 Å². The molecule has 3 atom stereocenters. The topological polar surface area (TPSA) is 24.5 Å². The van der Waals surface area contributed by atoms with E-state index in [0.29, 0.717) is 5.41 Å². The van der Waals surface area contributed by atoms with Crippen molar-refractivity contribution in [1.29, 1.82) is 0 Å². The minimum atomic E-state index is 0.508. The lowest BCUT2D eigenvalue weighted by atomic mass is 9.69. The van der Waals surface area contributed by atoms with E-state index in [1.54, 1.807) is 7.11 Å². The summed E-state index contributed by atoms with van der Waals surface area (Å²) in [5, 5.41) is 3.66. The quantitative estimate of drug-likeness (QED) is 0.696. The molecule has 3 heteroatoms. The maximum Gasteiger partial charge on any atom is 0.0587 e. The Morgan fingerprint density at radius 2 is 2.19 bits per heavy atom. The lowest BCUT2D eigenvalue weighted by molar-refractivity contribution is 0.0865. The lowest BCUT2D eigenvalue weighted by Gasteiger charge is -2.43. The average molecular weight is 296 g/mol. The van der Waals surface area contributed by atoms with Gasteiger partial charge in [-0.25, -0.2) is 0 Å². The standard InChI is InChI=1S/C18H36N2O/c1-4-17-7-10-20(13-17)15-18(14-19-9-11-21-3)8-5-6-16(2)12-18/h16-17,19H,4-15H2,1-3H3. The van der Waals surface area contributed by atoms with E-state index < -0.39 is 0 Å². The predicted molar refractivity (Wildman–Crippen MR) is 89.6 cm³/mol. The number of methoxy groups -OCH3 is 1. The Bertz CT molecular complexity index is 297. The van der Waals surface area contributed by atoms with E-state index >= 15 is 0 Å². The van der Waals surface area contributed by atoms with Gasteiger partial charge in [0.05, 0.1) is 6.61 Å². The van der Waals surface area contributed by atoms with Crippen LogP contribution >= 0.6 is 0 Å². The van der Waals surface area contributed by atoms with Gasteiger partial charge < -0.3 is 15.0 Å². The van der Waals surface area contributed by atoms with Crippen molar-refractivity contribution >= 4 is 0 Å². The Labute approximate surface area is 131 Å². The normalized spacial score (nSPS) is 34.4. The molecule has 1 aliphatic heterocycles. The van der Waals surface area contributed by atoms with Crippen molar-refractivity contribution in [3.8, 4) is 0 Å². The Morgan fingerprint density at radius 3 is 2.86 bits per heavy atom. The second kappa shape index (κ2) is 8.50. The molecule has 0 bridgehead atoms. The van der Waals surface area contributed by atoms with Crippen LogP contribution in [0.2, 0.25) is 0 Å². The summed E-state index contributed by atoms with van der Waals surface area (Å²) in [6.07, 6.45) is 8.42. The molecule has 2 rings (SSSR count). The monoisotopic (exact) mass is 296 g/mol. The van der Waals surface area contributed by atoms with Crippen molar-refractivity contribution in [3.05, 3.63) is 0 Å². The minimum Gasteiger partial charge on any atom is -0.383 e. The number of hydrogen-bond donors (Lipinski definition) is 1. The van der Waals surface area contributed by atoms with Crippen LogP contribution in [-0.2, 0) is 4.74 Å². The average Bonchev–Trinajstić information content (AvgIpc) is 2.91. The first-order valence-electron chi connectivity index (χ1n) is 9.09. The van der Waals surface area contributed by atoms with Crippen molar-refractivity contribution in [3.63, 3.8) is 0 Å². The number of nitrogens with zero attached hydrogens (tertiary/aromatic N) is 1. The molecule has 1 saturated carbocycles. The van der Waals surface area contributed by atoms with Crippen LogP contribution in [0.25, 0.3) is 0 Å². The van der Waals surface area contributed by atoms with Gasteiger partial charge in [-0.05, 0) is 43.1 Å². The Hall–Kier alpha value is -0.120. The van der Waals surface area contributed by atoms with Gasteiger partial charge in [0, 0.05) is 33.3 Å². The zero-order chi connectivity index (χ0) is 15.1. The highest BCUT2D eigenvalue weighted by Crippen LogP contribution is 2.40. The van der Waals surface area contributed by atoms with Crippen LogP contribution in [-0.4, -0.2) is 51.3 Å². The number of rotatable bonds is 8. The Kier molecular flexibility index (Phi) is 6.97. The van der Waals surface area contributed by atoms with E-state index in [-0.39, 0.29) is 0 Å². The highest BCUT2D eigenvalue weighted by atomic mass is 16.5. The molecule has 0 aromatic rings. The summed E-state index contributed by atoms with van der Waals surface area (Å²) in [7, 11) is 1.79. The summed E-state index contributed by atoms with van der Waals surface area (Å²) in [5.41, 5.74) is 0.508. The summed E-state index contributed by atoms with van der Waals surface area (Å²) in [4.78, 5) is 2.75. The van der Waals surface area contributed by atoms with E-state index in [0.717, 1.165) is 25.0 Å². The third-order valence-electron chi connectivity index (χ3n) is 5.67. The Morgan fingerprint density at radius 1 is 1.33 bits per heavy atom. The van der Waals surface area contributed by atoms with Crippen molar-refractivity contribution in [2.24, 2.45) is 17.3 Å². The summed E-state index contributed by atoms with van der Waals surface area (Å²) in [6, 6.07) is 0. The van der Waals surface area contributed by atoms with Gasteiger partial charge in [0.15, 0.2) is 0 Å². The van der Waals surface area contributed by atoms with E-state index in [2.05, 4.69) is 24.1 Å². The third kappa shape index (κ3) is 5.22. The molecular formula is C18H36N2O. The molecule has 0 aromatic carbocycles. The molecule has 0 radical (unpaired) electrons. The molecule has 21 heavy (non-hydrogen) atoms. The molecule has 2 fully saturated rings. The highest BCUT2D eigenvalue weighted by molar-refractivity contribution is 4.91. The van der Waals surface area contributed by atoms with Gasteiger partial charge in [0.2, 0.25) is 0 Å². The number of nitrogens with one attached hydrogen (secondary N) is 1. The number of likely N-dealkylation sites (tertiary alicyclic amines) is 1. The maximum absolute atomic E-state index is 5.17. The van der Waals surface area contributed by atoms with E-state index in [4.69, 9.17) is 4.74 Å². The van der Waals surface area contributed by atoms with Crippen LogP contribution in [0.3, 0.4) is 0 Å². The molecule has 2 aliphatic rings. The molecule has 1 aliphatic carbocycles. The summed E-state index contributed by atoms with van der Waals surface area (Å²) < 4.78 is 5.17. The first kappa shape index (κ1) is 17.2. The second-order valence-electron chi connectivity index (χ2n) is 7.67. The number of hydrogen-bond acceptors (Lipinski definition) is 3. The fraction of sp³-hybridized carbons (Fsp3) is 1.00. The largest absolute Gasteiger partial charge is 0.383 e. The molecule has 3 nitrogen and oxygen atoms in total. The molecule has 1 N–H and O–H groups in total. The second-order valence-corrected chi connectivity index (χ2v) is 7.67. The summed E-state index contributed by atoms with van der Waals surface area (Å²) in [5.74, 6) is 1.84. The zero-order valence-corrected chi connectivity index (χ0v) is 14.5. The van der Waals surface area contributed by atoms with Gasteiger partial charge in [0.1, 0.15) is 0 Å². The van der Waals surface area contributed by atoms with Crippen LogP contribution in [0.4, 0.5) is 0 Å². The molecule has 1 heterocycles. The summed E-state index contributed by atoms with van der Waals surface area (Å²) in [6.45, 7) is 11.8.